The Balaban J connectivity index is 0.000000630. The Morgan fingerprint density at radius 3 is 2.46 bits per heavy atom. The fourth-order valence-corrected chi connectivity index (χ4v) is 5.97. The zero-order valence-electron chi connectivity index (χ0n) is 26.8. The summed E-state index contributed by atoms with van der Waals surface area (Å²) in [7, 11) is 1.83. The minimum absolute atomic E-state index is 0.0372. The number of aliphatic carboxylic acids is 1. The second kappa shape index (κ2) is 14.8. The number of nitrogens with one attached hydrogen (secondary N) is 1. The maximum atomic E-state index is 13.8. The lowest BCUT2D eigenvalue weighted by molar-refractivity contribution is -0.192. The Hall–Kier alpha value is -5.09. The summed E-state index contributed by atoms with van der Waals surface area (Å²) >= 11 is 12.3. The average Bonchev–Trinajstić information content (AvgIpc) is 3.65. The number of rotatable bonds is 4. The monoisotopic (exact) mass is 731 g/mol. The normalized spacial score (nSPS) is 16.4. The SMILES string of the molecule is CC(C)[C@@H]1CCC[C@H](n2cnc(-c3cc(Cl)ccc3-n3cc(Cl)nn3)cc2=O)c2cc(ccn2)-c2c(cnn2C)NC1=O.O=C(O)C(F)(F)F. The number of carboxylic acid groups (broad SMARTS) is 1. The van der Waals surface area contributed by atoms with E-state index in [1.807, 2.05) is 33.0 Å². The molecule has 0 saturated carbocycles. The molecular formula is C32H30Cl2F3N9O4. The first-order chi connectivity index (χ1) is 23.6. The van der Waals surface area contributed by atoms with Gasteiger partial charge in [0.2, 0.25) is 5.91 Å². The first kappa shape index (κ1) is 36.2. The molecule has 4 aromatic heterocycles. The lowest BCUT2D eigenvalue weighted by Gasteiger charge is -2.24. The third-order valence-electron chi connectivity index (χ3n) is 8.09. The molecule has 2 N–H and O–H groups in total. The number of aryl methyl sites for hydroxylation is 1. The summed E-state index contributed by atoms with van der Waals surface area (Å²) in [6.07, 6.45) is 3.35. The molecule has 18 heteroatoms. The fraction of sp³-hybridized carbons (Fsp3) is 0.312. The van der Waals surface area contributed by atoms with Crippen LogP contribution < -0.4 is 10.9 Å². The van der Waals surface area contributed by atoms with Gasteiger partial charge in [-0.05, 0) is 49.1 Å². The molecule has 6 rings (SSSR count). The van der Waals surface area contributed by atoms with Gasteiger partial charge in [-0.15, -0.1) is 5.10 Å². The summed E-state index contributed by atoms with van der Waals surface area (Å²) in [5.74, 6) is -2.87. The van der Waals surface area contributed by atoms with Crippen molar-refractivity contribution in [1.82, 2.24) is 39.3 Å². The molecular weight excluding hydrogens is 702 g/mol. The van der Waals surface area contributed by atoms with E-state index < -0.39 is 18.2 Å². The Bertz CT molecular complexity index is 2100. The Morgan fingerprint density at radius 2 is 1.82 bits per heavy atom. The smallest absolute Gasteiger partial charge is 0.475 e. The molecule has 1 aliphatic heterocycles. The number of anilines is 1. The zero-order chi connectivity index (χ0) is 36.3. The second-order valence-corrected chi connectivity index (χ2v) is 12.6. The van der Waals surface area contributed by atoms with Crippen LogP contribution in [0.2, 0.25) is 10.2 Å². The van der Waals surface area contributed by atoms with Gasteiger partial charge in [0, 0.05) is 41.4 Å². The summed E-state index contributed by atoms with van der Waals surface area (Å²) in [5.41, 5.74) is 4.36. The van der Waals surface area contributed by atoms with Crippen molar-refractivity contribution >= 4 is 40.8 Å². The Morgan fingerprint density at radius 1 is 1.08 bits per heavy atom. The highest BCUT2D eigenvalue weighted by atomic mass is 35.5. The molecule has 2 bridgehead atoms. The number of alkyl halides is 3. The number of fused-ring (bicyclic) bond motifs is 4. The van der Waals surface area contributed by atoms with Crippen molar-refractivity contribution in [3.63, 3.8) is 0 Å². The van der Waals surface area contributed by atoms with Crippen LogP contribution in [0.3, 0.4) is 0 Å². The first-order valence-electron chi connectivity index (χ1n) is 15.2. The lowest BCUT2D eigenvalue weighted by Crippen LogP contribution is -2.29. The van der Waals surface area contributed by atoms with E-state index in [1.165, 1.54) is 10.7 Å². The number of amides is 1. The second-order valence-electron chi connectivity index (χ2n) is 11.8. The van der Waals surface area contributed by atoms with Gasteiger partial charge in [-0.25, -0.2) is 14.5 Å². The lowest BCUT2D eigenvalue weighted by atomic mass is 9.88. The molecule has 5 aromatic rings. The van der Waals surface area contributed by atoms with E-state index in [0.717, 1.165) is 17.0 Å². The van der Waals surface area contributed by atoms with Crippen LogP contribution in [-0.2, 0) is 16.6 Å². The molecule has 50 heavy (non-hydrogen) atoms. The number of pyridine rings is 1. The number of nitrogens with zero attached hydrogens (tertiary/aromatic N) is 8. The van der Waals surface area contributed by atoms with Crippen molar-refractivity contribution < 1.29 is 27.9 Å². The Labute approximate surface area is 292 Å². The molecule has 1 aliphatic rings. The van der Waals surface area contributed by atoms with E-state index in [-0.39, 0.29) is 28.5 Å². The third kappa shape index (κ3) is 8.03. The highest BCUT2D eigenvalue weighted by Gasteiger charge is 2.38. The molecule has 0 aliphatic carbocycles. The van der Waals surface area contributed by atoms with Gasteiger partial charge in [0.25, 0.3) is 5.56 Å². The molecule has 1 aromatic carbocycles. The molecule has 13 nitrogen and oxygen atoms in total. The van der Waals surface area contributed by atoms with Crippen molar-refractivity contribution in [3.8, 4) is 28.2 Å². The van der Waals surface area contributed by atoms with Gasteiger partial charge in [0.1, 0.15) is 0 Å². The van der Waals surface area contributed by atoms with Gasteiger partial charge in [-0.1, -0.05) is 48.7 Å². The van der Waals surface area contributed by atoms with E-state index in [4.69, 9.17) is 33.1 Å². The van der Waals surface area contributed by atoms with Crippen LogP contribution in [0.4, 0.5) is 18.9 Å². The van der Waals surface area contributed by atoms with E-state index in [2.05, 4.69) is 30.7 Å². The summed E-state index contributed by atoms with van der Waals surface area (Å²) in [4.78, 5) is 45.4. The molecule has 0 fully saturated rings. The molecule has 0 radical (unpaired) electrons. The van der Waals surface area contributed by atoms with E-state index >= 15 is 0 Å². The standard InChI is InChI=1S/C30H29Cl2N9O2.C2HF3O2/c1-17(2)20-5-4-6-26(23-11-18(9-10-33-23)29-24(36-30(20)43)14-35-39(29)3)40-16-34-22(13-28(40)42)21-12-19(31)7-8-25(21)41-15-27(32)37-38-41;3-2(4,5)1(6)7/h7-17,20,26H,4-6H2,1-3H3,(H,36,43);(H,6,7)/t20-,26-;/m0./s1. The third-order valence-corrected chi connectivity index (χ3v) is 8.50. The Kier molecular flexibility index (Phi) is 10.7. The maximum absolute atomic E-state index is 13.8. The van der Waals surface area contributed by atoms with Crippen molar-refractivity contribution in [2.45, 2.75) is 45.3 Å². The number of carbonyl (C=O) groups is 2. The van der Waals surface area contributed by atoms with Gasteiger partial charge in [0.05, 0.1) is 53.2 Å². The summed E-state index contributed by atoms with van der Waals surface area (Å²) in [6, 6.07) is 10.1. The molecule has 0 spiro atoms. The average molecular weight is 733 g/mol. The number of benzene rings is 1. The summed E-state index contributed by atoms with van der Waals surface area (Å²) in [6.45, 7) is 4.10. The highest BCUT2D eigenvalue weighted by Crippen LogP contribution is 2.34. The topological polar surface area (TPSA) is 163 Å². The van der Waals surface area contributed by atoms with E-state index in [1.54, 1.807) is 52.4 Å². The van der Waals surface area contributed by atoms with Crippen molar-refractivity contribution in [2.75, 3.05) is 5.32 Å². The van der Waals surface area contributed by atoms with Crippen LogP contribution >= 0.6 is 23.2 Å². The minimum Gasteiger partial charge on any atom is -0.475 e. The number of hydrogen-bond acceptors (Lipinski definition) is 8. The summed E-state index contributed by atoms with van der Waals surface area (Å²) < 4.78 is 36.6. The predicted molar refractivity (Wildman–Crippen MR) is 178 cm³/mol. The zero-order valence-corrected chi connectivity index (χ0v) is 28.3. The molecule has 0 saturated heterocycles. The summed E-state index contributed by atoms with van der Waals surface area (Å²) in [5, 5.41) is 23.3. The molecule has 262 valence electrons. The number of aromatic nitrogens is 8. The number of halogens is 5. The van der Waals surface area contributed by atoms with Crippen LogP contribution in [0, 0.1) is 11.8 Å². The van der Waals surface area contributed by atoms with Crippen LogP contribution in [0.5, 0.6) is 0 Å². The molecule has 5 heterocycles. The van der Waals surface area contributed by atoms with Gasteiger partial charge >= 0.3 is 12.1 Å². The van der Waals surface area contributed by atoms with Crippen LogP contribution in [0.1, 0.15) is 44.8 Å². The van der Waals surface area contributed by atoms with Gasteiger partial charge < -0.3 is 10.4 Å². The highest BCUT2D eigenvalue weighted by molar-refractivity contribution is 6.31. The number of carbonyl (C=O) groups excluding carboxylic acids is 1. The molecule has 1 amide bonds. The van der Waals surface area contributed by atoms with Crippen LogP contribution in [0.25, 0.3) is 28.2 Å². The number of hydrogen-bond donors (Lipinski definition) is 2. The van der Waals surface area contributed by atoms with Crippen molar-refractivity contribution in [2.24, 2.45) is 18.9 Å². The largest absolute Gasteiger partial charge is 0.490 e. The molecule has 0 unspecified atom stereocenters. The molecule has 2 atom stereocenters. The predicted octanol–water partition coefficient (Wildman–Crippen LogP) is 6.21. The maximum Gasteiger partial charge on any atom is 0.490 e. The van der Waals surface area contributed by atoms with Gasteiger partial charge in [-0.3, -0.25) is 23.8 Å². The number of carboxylic acids is 1. The van der Waals surface area contributed by atoms with Gasteiger partial charge in [0.15, 0.2) is 5.15 Å². The van der Waals surface area contributed by atoms with Crippen LogP contribution in [0.15, 0.2) is 66.1 Å². The van der Waals surface area contributed by atoms with Crippen LogP contribution in [-0.4, -0.2) is 62.5 Å². The van der Waals surface area contributed by atoms with Crippen molar-refractivity contribution in [1.29, 1.82) is 0 Å². The fourth-order valence-electron chi connectivity index (χ4n) is 5.67. The first-order valence-corrected chi connectivity index (χ1v) is 15.9. The van der Waals surface area contributed by atoms with E-state index in [9.17, 15) is 22.8 Å². The minimum atomic E-state index is -5.08. The van der Waals surface area contributed by atoms with E-state index in [0.29, 0.717) is 46.9 Å². The van der Waals surface area contributed by atoms with Crippen molar-refractivity contribution in [3.05, 3.63) is 87.5 Å². The quantitative estimate of drug-likeness (QED) is 0.219. The van der Waals surface area contributed by atoms with Gasteiger partial charge in [-0.2, -0.15) is 18.3 Å².